The number of aromatic nitrogens is 1. The number of hydrogen-bond donors (Lipinski definition) is 2. The predicted octanol–water partition coefficient (Wildman–Crippen LogP) is 3.17. The monoisotopic (exact) mass is 295 g/mol. The second kappa shape index (κ2) is 10.5. The Morgan fingerprint density at radius 2 is 2.05 bits per heavy atom. The minimum Gasteiger partial charge on any atom is -0.370 e. The van der Waals surface area contributed by atoms with Gasteiger partial charge in [-0.3, -0.25) is 4.79 Å². The van der Waals surface area contributed by atoms with Gasteiger partial charge in [0.15, 0.2) is 0 Å². The summed E-state index contributed by atoms with van der Waals surface area (Å²) in [6.07, 6.45) is 8.49. The Hall–Kier alpha value is -1.23. The molecule has 1 rings (SSSR count). The van der Waals surface area contributed by atoms with E-state index < -0.39 is 0 Å². The smallest absolute Gasteiger partial charge is 0.252 e. The fraction of sp³-hybridized carbons (Fsp3) is 0.600. The van der Waals surface area contributed by atoms with Crippen LogP contribution in [0.3, 0.4) is 0 Å². The largest absolute Gasteiger partial charge is 0.370 e. The summed E-state index contributed by atoms with van der Waals surface area (Å²) in [6, 6.07) is 3.64. The molecular weight excluding hydrogens is 270 g/mol. The molecule has 4 nitrogen and oxygen atoms in total. The van der Waals surface area contributed by atoms with Crippen LogP contribution < -0.4 is 10.6 Å². The second-order valence-corrected chi connectivity index (χ2v) is 5.61. The van der Waals surface area contributed by atoms with Gasteiger partial charge in [0.25, 0.3) is 5.91 Å². The Morgan fingerprint density at radius 3 is 2.70 bits per heavy atom. The van der Waals surface area contributed by atoms with E-state index in [1.54, 1.807) is 12.3 Å². The van der Waals surface area contributed by atoms with Crippen molar-refractivity contribution in [3.63, 3.8) is 0 Å². The third-order valence-corrected chi connectivity index (χ3v) is 3.64. The molecule has 1 aromatic rings. The third-order valence-electron chi connectivity index (χ3n) is 2.94. The Bertz CT molecular complexity index is 381. The van der Waals surface area contributed by atoms with Crippen LogP contribution >= 0.6 is 11.8 Å². The van der Waals surface area contributed by atoms with E-state index in [2.05, 4.69) is 21.9 Å². The number of hydrogen-bond acceptors (Lipinski definition) is 4. The molecule has 1 amide bonds. The van der Waals surface area contributed by atoms with Gasteiger partial charge in [-0.1, -0.05) is 12.8 Å². The van der Waals surface area contributed by atoms with Crippen molar-refractivity contribution in [1.82, 2.24) is 10.3 Å². The van der Waals surface area contributed by atoms with Crippen molar-refractivity contribution in [3.05, 3.63) is 23.9 Å². The number of anilines is 1. The van der Waals surface area contributed by atoms with Crippen LogP contribution in [-0.4, -0.2) is 36.0 Å². The summed E-state index contributed by atoms with van der Waals surface area (Å²) in [5.41, 5.74) is 0.619. The van der Waals surface area contributed by atoms with Gasteiger partial charge in [0.1, 0.15) is 5.82 Å². The van der Waals surface area contributed by atoms with Gasteiger partial charge in [0.2, 0.25) is 0 Å². The first-order chi connectivity index (χ1) is 9.77. The Labute approximate surface area is 126 Å². The molecule has 0 saturated heterocycles. The van der Waals surface area contributed by atoms with Crippen molar-refractivity contribution in [3.8, 4) is 0 Å². The van der Waals surface area contributed by atoms with Crippen molar-refractivity contribution in [2.45, 2.75) is 32.6 Å². The molecule has 0 saturated carbocycles. The van der Waals surface area contributed by atoms with Crippen molar-refractivity contribution in [2.75, 3.05) is 30.4 Å². The molecule has 1 aromatic heterocycles. The summed E-state index contributed by atoms with van der Waals surface area (Å²) < 4.78 is 0. The van der Waals surface area contributed by atoms with Gasteiger partial charge in [-0.2, -0.15) is 11.8 Å². The lowest BCUT2D eigenvalue weighted by molar-refractivity contribution is 0.0952. The quantitative estimate of drug-likeness (QED) is 0.651. The minimum atomic E-state index is -0.0373. The summed E-state index contributed by atoms with van der Waals surface area (Å²) in [5, 5.41) is 6.04. The van der Waals surface area contributed by atoms with Crippen LogP contribution in [0.15, 0.2) is 18.3 Å². The third kappa shape index (κ3) is 6.80. The molecule has 5 heteroatoms. The van der Waals surface area contributed by atoms with E-state index in [-0.39, 0.29) is 5.91 Å². The zero-order chi connectivity index (χ0) is 14.6. The first-order valence-electron chi connectivity index (χ1n) is 7.25. The normalized spacial score (nSPS) is 10.3. The van der Waals surface area contributed by atoms with Gasteiger partial charge >= 0.3 is 0 Å². The Morgan fingerprint density at radius 1 is 1.25 bits per heavy atom. The lowest BCUT2D eigenvalue weighted by Gasteiger charge is -2.06. The lowest BCUT2D eigenvalue weighted by Crippen LogP contribution is -2.24. The molecule has 0 aromatic carbocycles. The van der Waals surface area contributed by atoms with E-state index in [1.165, 1.54) is 25.0 Å². The molecule has 0 unspecified atom stereocenters. The molecule has 20 heavy (non-hydrogen) atoms. The number of thioether (sulfide) groups is 1. The number of unbranched alkanes of at least 4 members (excludes halogenated alkanes) is 3. The number of carbonyl (C=O) groups is 1. The van der Waals surface area contributed by atoms with E-state index >= 15 is 0 Å². The zero-order valence-electron chi connectivity index (χ0n) is 12.4. The summed E-state index contributed by atoms with van der Waals surface area (Å²) in [4.78, 5) is 16.1. The molecule has 0 spiro atoms. The minimum absolute atomic E-state index is 0.0373. The molecule has 0 bridgehead atoms. The lowest BCUT2D eigenvalue weighted by atomic mass is 10.2. The molecule has 1 heterocycles. The van der Waals surface area contributed by atoms with E-state index in [0.29, 0.717) is 5.56 Å². The first-order valence-corrected chi connectivity index (χ1v) is 8.64. The fourth-order valence-corrected chi connectivity index (χ4v) is 2.34. The van der Waals surface area contributed by atoms with Gasteiger partial charge < -0.3 is 10.6 Å². The highest BCUT2D eigenvalue weighted by atomic mass is 32.2. The van der Waals surface area contributed by atoms with Crippen molar-refractivity contribution < 1.29 is 4.79 Å². The fourth-order valence-electron chi connectivity index (χ4n) is 1.84. The van der Waals surface area contributed by atoms with Crippen LogP contribution in [0.4, 0.5) is 5.82 Å². The van der Waals surface area contributed by atoms with Crippen LogP contribution in [0, 0.1) is 0 Å². The average Bonchev–Trinajstić information content (AvgIpc) is 2.47. The maximum atomic E-state index is 11.9. The summed E-state index contributed by atoms with van der Waals surface area (Å²) in [7, 11) is 0. The van der Waals surface area contributed by atoms with Crippen LogP contribution in [0.1, 0.15) is 43.0 Å². The number of nitrogens with zero attached hydrogens (tertiary/aromatic N) is 1. The molecule has 0 radical (unpaired) electrons. The van der Waals surface area contributed by atoms with Gasteiger partial charge in [0.05, 0.1) is 5.56 Å². The molecule has 0 atom stereocenters. The van der Waals surface area contributed by atoms with Gasteiger partial charge in [-0.05, 0) is 43.9 Å². The highest BCUT2D eigenvalue weighted by Crippen LogP contribution is 2.06. The predicted molar refractivity (Wildman–Crippen MR) is 87.6 cm³/mol. The van der Waals surface area contributed by atoms with Crippen molar-refractivity contribution >= 4 is 23.5 Å². The van der Waals surface area contributed by atoms with Gasteiger partial charge in [-0.25, -0.2) is 4.98 Å². The number of nitrogens with one attached hydrogen (secondary N) is 2. The standard InChI is InChI=1S/C15H25N3OS/c1-3-16-14-9-8-13(12-18-14)15(19)17-10-6-4-5-7-11-20-2/h8-9,12H,3-7,10-11H2,1-2H3,(H,16,18)(H,17,19). The van der Waals surface area contributed by atoms with Crippen LogP contribution in [0.5, 0.6) is 0 Å². The summed E-state index contributed by atoms with van der Waals surface area (Å²) in [5.74, 6) is 2.00. The van der Waals surface area contributed by atoms with Crippen molar-refractivity contribution in [2.24, 2.45) is 0 Å². The van der Waals surface area contributed by atoms with Gasteiger partial charge in [-0.15, -0.1) is 0 Å². The van der Waals surface area contributed by atoms with E-state index in [4.69, 9.17) is 0 Å². The maximum Gasteiger partial charge on any atom is 0.252 e. The highest BCUT2D eigenvalue weighted by Gasteiger charge is 2.04. The SMILES string of the molecule is CCNc1ccc(C(=O)NCCCCCCSC)cn1. The number of pyridine rings is 1. The molecule has 0 aliphatic carbocycles. The summed E-state index contributed by atoms with van der Waals surface area (Å²) in [6.45, 7) is 3.59. The molecule has 112 valence electrons. The van der Waals surface area contributed by atoms with Crippen LogP contribution in [0.2, 0.25) is 0 Å². The average molecular weight is 295 g/mol. The molecule has 0 fully saturated rings. The van der Waals surface area contributed by atoms with Crippen LogP contribution in [-0.2, 0) is 0 Å². The van der Waals surface area contributed by atoms with E-state index in [9.17, 15) is 4.79 Å². The molecular formula is C15H25N3OS. The Kier molecular flexibility index (Phi) is 8.87. The highest BCUT2D eigenvalue weighted by molar-refractivity contribution is 7.98. The van der Waals surface area contributed by atoms with Crippen LogP contribution in [0.25, 0.3) is 0 Å². The number of rotatable bonds is 10. The second-order valence-electron chi connectivity index (χ2n) is 4.63. The molecule has 0 aliphatic rings. The number of amides is 1. The summed E-state index contributed by atoms with van der Waals surface area (Å²) >= 11 is 1.89. The van der Waals surface area contributed by atoms with E-state index in [0.717, 1.165) is 25.3 Å². The molecule has 0 aliphatic heterocycles. The maximum absolute atomic E-state index is 11.9. The topological polar surface area (TPSA) is 54.0 Å². The van der Waals surface area contributed by atoms with E-state index in [1.807, 2.05) is 24.8 Å². The number of carbonyl (C=O) groups excluding carboxylic acids is 1. The molecule has 2 N–H and O–H groups in total. The van der Waals surface area contributed by atoms with Crippen molar-refractivity contribution in [1.29, 1.82) is 0 Å². The Balaban J connectivity index is 2.18. The zero-order valence-corrected chi connectivity index (χ0v) is 13.3. The first kappa shape index (κ1) is 16.8. The van der Waals surface area contributed by atoms with Gasteiger partial charge in [0, 0.05) is 19.3 Å².